The Morgan fingerprint density at radius 2 is 2.17 bits per heavy atom. The van der Waals surface area contributed by atoms with Gasteiger partial charge in [-0.1, -0.05) is 13.8 Å². The van der Waals surface area contributed by atoms with Gasteiger partial charge in [-0.05, 0) is 12.8 Å². The van der Waals surface area contributed by atoms with Crippen LogP contribution in [-0.2, 0) is 20.3 Å². The standard InChI is InChI=1S/C10H15ClN2O4S/c1-4-17-10(14)8-5-12-13(6-7(2)3)9(8)18(11,15)16/h5,7H,4,6H2,1-3H3. The van der Waals surface area contributed by atoms with Crippen molar-refractivity contribution in [3.8, 4) is 0 Å². The highest BCUT2D eigenvalue weighted by molar-refractivity contribution is 8.13. The van der Waals surface area contributed by atoms with Gasteiger partial charge in [0, 0.05) is 17.2 Å². The van der Waals surface area contributed by atoms with Crippen molar-refractivity contribution in [3.63, 3.8) is 0 Å². The molecular weight excluding hydrogens is 280 g/mol. The Bertz CT molecular complexity index is 536. The minimum Gasteiger partial charge on any atom is -0.462 e. The third-order valence-corrected chi connectivity index (χ3v) is 3.39. The molecule has 0 aliphatic rings. The largest absolute Gasteiger partial charge is 0.462 e. The fourth-order valence-electron chi connectivity index (χ4n) is 1.46. The average Bonchev–Trinajstić information content (AvgIpc) is 2.60. The summed E-state index contributed by atoms with van der Waals surface area (Å²) in [5.41, 5.74) is -0.132. The molecule has 1 aromatic heterocycles. The fraction of sp³-hybridized carbons (Fsp3) is 0.600. The lowest BCUT2D eigenvalue weighted by atomic mass is 10.2. The maximum Gasteiger partial charge on any atom is 0.342 e. The molecule has 6 nitrogen and oxygen atoms in total. The Balaban J connectivity index is 3.29. The normalized spacial score (nSPS) is 11.8. The highest BCUT2D eigenvalue weighted by atomic mass is 35.7. The molecule has 0 aliphatic carbocycles. The van der Waals surface area contributed by atoms with Gasteiger partial charge in [0.15, 0.2) is 5.03 Å². The van der Waals surface area contributed by atoms with Gasteiger partial charge < -0.3 is 4.74 Å². The van der Waals surface area contributed by atoms with Crippen molar-refractivity contribution in [1.29, 1.82) is 0 Å². The first-order valence-corrected chi connectivity index (χ1v) is 7.75. The molecule has 1 rings (SSSR count). The third-order valence-electron chi connectivity index (χ3n) is 2.06. The van der Waals surface area contributed by atoms with Crippen LogP contribution in [0.1, 0.15) is 31.1 Å². The van der Waals surface area contributed by atoms with Gasteiger partial charge in [-0.3, -0.25) is 4.68 Å². The second-order valence-electron chi connectivity index (χ2n) is 4.10. The number of hydrogen-bond acceptors (Lipinski definition) is 5. The Hall–Kier alpha value is -1.08. The van der Waals surface area contributed by atoms with Gasteiger partial charge in [-0.25, -0.2) is 13.2 Å². The van der Waals surface area contributed by atoms with Crippen molar-refractivity contribution < 1.29 is 17.9 Å². The molecule has 0 fully saturated rings. The summed E-state index contributed by atoms with van der Waals surface area (Å²) in [6.07, 6.45) is 1.16. The number of carbonyl (C=O) groups excluding carboxylic acids is 1. The molecule has 0 radical (unpaired) electrons. The van der Waals surface area contributed by atoms with Crippen LogP contribution in [0.2, 0.25) is 0 Å². The SMILES string of the molecule is CCOC(=O)c1cnn(CC(C)C)c1S(=O)(=O)Cl. The number of nitrogens with zero attached hydrogens (tertiary/aromatic N) is 2. The molecule has 0 bridgehead atoms. The molecule has 0 saturated heterocycles. The summed E-state index contributed by atoms with van der Waals surface area (Å²) in [5.74, 6) is -0.580. The van der Waals surface area contributed by atoms with Gasteiger partial charge in [0.25, 0.3) is 9.05 Å². The molecule has 102 valence electrons. The van der Waals surface area contributed by atoms with Crippen molar-refractivity contribution in [2.75, 3.05) is 6.61 Å². The molecule has 1 heterocycles. The molecule has 0 unspecified atom stereocenters. The first-order chi connectivity index (χ1) is 8.27. The molecule has 0 saturated carbocycles. The fourth-order valence-corrected chi connectivity index (χ4v) is 2.72. The van der Waals surface area contributed by atoms with Crippen molar-refractivity contribution >= 4 is 25.7 Å². The van der Waals surface area contributed by atoms with Crippen LogP contribution in [0.3, 0.4) is 0 Å². The monoisotopic (exact) mass is 294 g/mol. The highest BCUT2D eigenvalue weighted by Crippen LogP contribution is 2.21. The smallest absolute Gasteiger partial charge is 0.342 e. The van der Waals surface area contributed by atoms with Crippen molar-refractivity contribution in [1.82, 2.24) is 9.78 Å². The predicted octanol–water partition coefficient (Wildman–Crippen LogP) is 1.64. The minimum atomic E-state index is -4.06. The Morgan fingerprint density at radius 3 is 2.61 bits per heavy atom. The summed E-state index contributed by atoms with van der Waals surface area (Å²) in [4.78, 5) is 11.6. The van der Waals surface area contributed by atoms with Crippen LogP contribution in [0.25, 0.3) is 0 Å². The van der Waals surface area contributed by atoms with E-state index in [0.29, 0.717) is 6.54 Å². The topological polar surface area (TPSA) is 78.3 Å². The molecule has 0 N–H and O–H groups in total. The number of aromatic nitrogens is 2. The summed E-state index contributed by atoms with van der Waals surface area (Å²) in [7, 11) is 1.28. The molecule has 0 aromatic carbocycles. The molecule has 1 aromatic rings. The van der Waals surface area contributed by atoms with E-state index in [9.17, 15) is 13.2 Å². The summed E-state index contributed by atoms with van der Waals surface area (Å²) in [6.45, 7) is 5.93. The zero-order chi connectivity index (χ0) is 13.9. The predicted molar refractivity (Wildman–Crippen MR) is 66.1 cm³/mol. The van der Waals surface area contributed by atoms with Gasteiger partial charge in [-0.2, -0.15) is 5.10 Å². The second kappa shape index (κ2) is 5.71. The number of esters is 1. The van der Waals surface area contributed by atoms with E-state index in [4.69, 9.17) is 15.4 Å². The van der Waals surface area contributed by atoms with E-state index in [1.165, 1.54) is 4.68 Å². The summed E-state index contributed by atoms with van der Waals surface area (Å²) in [5, 5.41) is 3.57. The number of rotatable bonds is 5. The van der Waals surface area contributed by atoms with Crippen molar-refractivity contribution in [3.05, 3.63) is 11.8 Å². The van der Waals surface area contributed by atoms with E-state index in [-0.39, 0.29) is 23.1 Å². The molecule has 0 atom stereocenters. The Labute approximate surface area is 110 Å². The van der Waals surface area contributed by atoms with Gasteiger partial charge in [0.2, 0.25) is 0 Å². The van der Waals surface area contributed by atoms with Crippen LogP contribution >= 0.6 is 10.7 Å². The van der Waals surface area contributed by atoms with Crippen LogP contribution in [0.15, 0.2) is 11.2 Å². The third kappa shape index (κ3) is 3.46. The zero-order valence-corrected chi connectivity index (χ0v) is 12.0. The number of carbonyl (C=O) groups is 1. The van der Waals surface area contributed by atoms with E-state index in [1.807, 2.05) is 13.8 Å². The average molecular weight is 295 g/mol. The lowest BCUT2D eigenvalue weighted by Crippen LogP contribution is -2.14. The quantitative estimate of drug-likeness (QED) is 0.609. The first kappa shape index (κ1) is 15.0. The summed E-state index contributed by atoms with van der Waals surface area (Å²) >= 11 is 0. The van der Waals surface area contributed by atoms with E-state index < -0.39 is 15.0 Å². The van der Waals surface area contributed by atoms with Crippen molar-refractivity contribution in [2.24, 2.45) is 5.92 Å². The molecular formula is C10H15ClN2O4S. The number of hydrogen-bond donors (Lipinski definition) is 0. The van der Waals surface area contributed by atoms with Gasteiger partial charge >= 0.3 is 5.97 Å². The van der Waals surface area contributed by atoms with E-state index >= 15 is 0 Å². The van der Waals surface area contributed by atoms with Crippen LogP contribution in [0, 0.1) is 5.92 Å². The summed E-state index contributed by atoms with van der Waals surface area (Å²) < 4.78 is 29.0. The first-order valence-electron chi connectivity index (χ1n) is 5.45. The van der Waals surface area contributed by atoms with E-state index in [2.05, 4.69) is 5.10 Å². The van der Waals surface area contributed by atoms with Gasteiger partial charge in [0.05, 0.1) is 12.8 Å². The molecule has 0 spiro atoms. The molecule has 8 heteroatoms. The van der Waals surface area contributed by atoms with Gasteiger partial charge in [0.1, 0.15) is 5.56 Å². The zero-order valence-electron chi connectivity index (χ0n) is 10.4. The Morgan fingerprint density at radius 1 is 1.56 bits per heavy atom. The minimum absolute atomic E-state index is 0.132. The lowest BCUT2D eigenvalue weighted by Gasteiger charge is -2.08. The Kier molecular flexibility index (Phi) is 4.75. The maximum absolute atomic E-state index is 11.6. The van der Waals surface area contributed by atoms with Crippen molar-refractivity contribution in [2.45, 2.75) is 32.3 Å². The molecule has 0 amide bonds. The highest BCUT2D eigenvalue weighted by Gasteiger charge is 2.27. The van der Waals surface area contributed by atoms with Crippen LogP contribution in [-0.4, -0.2) is 30.8 Å². The molecule has 18 heavy (non-hydrogen) atoms. The van der Waals surface area contributed by atoms with Gasteiger partial charge in [-0.15, -0.1) is 0 Å². The summed E-state index contributed by atoms with van der Waals surface area (Å²) in [6, 6.07) is 0. The van der Waals surface area contributed by atoms with Crippen LogP contribution in [0.5, 0.6) is 0 Å². The molecule has 0 aliphatic heterocycles. The number of ether oxygens (including phenoxy) is 1. The van der Waals surface area contributed by atoms with E-state index in [1.54, 1.807) is 6.92 Å². The number of halogens is 1. The maximum atomic E-state index is 11.6. The van der Waals surface area contributed by atoms with Crippen LogP contribution in [0.4, 0.5) is 0 Å². The lowest BCUT2D eigenvalue weighted by molar-refractivity contribution is 0.0521. The second-order valence-corrected chi connectivity index (χ2v) is 6.58. The van der Waals surface area contributed by atoms with Crippen LogP contribution < -0.4 is 0 Å². The van der Waals surface area contributed by atoms with E-state index in [0.717, 1.165) is 6.20 Å².